The van der Waals surface area contributed by atoms with Crippen LogP contribution < -0.4 is 0 Å². The summed E-state index contributed by atoms with van der Waals surface area (Å²) in [6.45, 7) is 1.01. The zero-order valence-electron chi connectivity index (χ0n) is 8.90. The molecule has 84 valence electrons. The fraction of sp³-hybridized carbons (Fsp3) is 0.500. The Morgan fingerprint density at radius 3 is 2.80 bits per heavy atom. The van der Waals surface area contributed by atoms with E-state index in [1.54, 1.807) is 17.8 Å². The second-order valence-corrected chi connectivity index (χ2v) is 4.53. The van der Waals surface area contributed by atoms with E-state index in [2.05, 4.69) is 4.90 Å². The maximum atomic E-state index is 10.5. The van der Waals surface area contributed by atoms with Gasteiger partial charge in [0.2, 0.25) is 5.76 Å². The zero-order valence-corrected chi connectivity index (χ0v) is 9.71. The first kappa shape index (κ1) is 12.1. The smallest absolute Gasteiger partial charge is 0.371 e. The van der Waals surface area contributed by atoms with Gasteiger partial charge in [0.05, 0.1) is 5.75 Å². The molecule has 0 aromatic carbocycles. The third-order valence-electron chi connectivity index (χ3n) is 1.80. The number of aromatic carboxylic acids is 1. The zero-order chi connectivity index (χ0) is 11.3. The van der Waals surface area contributed by atoms with Crippen LogP contribution in [0.2, 0.25) is 0 Å². The SMILES string of the molecule is CN(C)CCSCc1ccc(C(=O)O)o1. The molecule has 5 heteroatoms. The highest BCUT2D eigenvalue weighted by atomic mass is 32.2. The van der Waals surface area contributed by atoms with Crippen molar-refractivity contribution in [2.45, 2.75) is 5.75 Å². The first-order valence-corrected chi connectivity index (χ1v) is 5.79. The van der Waals surface area contributed by atoms with Crippen LogP contribution in [-0.4, -0.2) is 42.4 Å². The van der Waals surface area contributed by atoms with Gasteiger partial charge in [0, 0.05) is 12.3 Å². The fourth-order valence-electron chi connectivity index (χ4n) is 0.990. The minimum Gasteiger partial charge on any atom is -0.475 e. The summed E-state index contributed by atoms with van der Waals surface area (Å²) in [4.78, 5) is 12.6. The Morgan fingerprint density at radius 2 is 2.27 bits per heavy atom. The molecule has 1 aromatic rings. The Kier molecular flexibility index (Phi) is 4.71. The van der Waals surface area contributed by atoms with Gasteiger partial charge in [-0.3, -0.25) is 0 Å². The molecule has 0 aliphatic carbocycles. The standard InChI is InChI=1S/C10H15NO3S/c1-11(2)5-6-15-7-8-3-4-9(14-8)10(12)13/h3-4H,5-7H2,1-2H3,(H,12,13). The van der Waals surface area contributed by atoms with Gasteiger partial charge in [-0.25, -0.2) is 4.79 Å². The normalized spacial score (nSPS) is 10.9. The van der Waals surface area contributed by atoms with Crippen LogP contribution in [0.4, 0.5) is 0 Å². The van der Waals surface area contributed by atoms with Crippen LogP contribution in [0, 0.1) is 0 Å². The molecule has 0 unspecified atom stereocenters. The second kappa shape index (κ2) is 5.82. The van der Waals surface area contributed by atoms with Crippen LogP contribution in [-0.2, 0) is 5.75 Å². The Labute approximate surface area is 93.3 Å². The quantitative estimate of drug-likeness (QED) is 0.753. The Balaban J connectivity index is 2.29. The summed E-state index contributed by atoms with van der Waals surface area (Å²) in [5, 5.41) is 8.64. The van der Waals surface area contributed by atoms with E-state index in [1.807, 2.05) is 14.1 Å². The van der Waals surface area contributed by atoms with Crippen molar-refractivity contribution in [3.63, 3.8) is 0 Å². The lowest BCUT2D eigenvalue weighted by molar-refractivity contribution is 0.0661. The monoisotopic (exact) mass is 229 g/mol. The van der Waals surface area contributed by atoms with Crippen LogP contribution in [0.15, 0.2) is 16.5 Å². The summed E-state index contributed by atoms with van der Waals surface area (Å²) in [7, 11) is 4.05. The first-order valence-electron chi connectivity index (χ1n) is 4.64. The van der Waals surface area contributed by atoms with E-state index in [0.29, 0.717) is 0 Å². The average Bonchev–Trinajstić information content (AvgIpc) is 2.60. The number of thioether (sulfide) groups is 1. The third kappa shape index (κ3) is 4.40. The average molecular weight is 229 g/mol. The van der Waals surface area contributed by atoms with Crippen molar-refractivity contribution in [1.82, 2.24) is 4.90 Å². The van der Waals surface area contributed by atoms with Crippen molar-refractivity contribution in [3.8, 4) is 0 Å². The lowest BCUT2D eigenvalue weighted by Crippen LogP contribution is -2.14. The minimum atomic E-state index is -1.01. The van der Waals surface area contributed by atoms with Gasteiger partial charge in [0.1, 0.15) is 5.76 Å². The molecule has 0 aliphatic rings. The maximum Gasteiger partial charge on any atom is 0.371 e. The highest BCUT2D eigenvalue weighted by Crippen LogP contribution is 2.15. The van der Waals surface area contributed by atoms with Crippen molar-refractivity contribution in [2.24, 2.45) is 0 Å². The van der Waals surface area contributed by atoms with Crippen LogP contribution >= 0.6 is 11.8 Å². The molecule has 4 nitrogen and oxygen atoms in total. The van der Waals surface area contributed by atoms with Gasteiger partial charge in [-0.2, -0.15) is 11.8 Å². The number of nitrogens with zero attached hydrogens (tertiary/aromatic N) is 1. The lowest BCUT2D eigenvalue weighted by atomic mass is 10.4. The van der Waals surface area contributed by atoms with Gasteiger partial charge < -0.3 is 14.4 Å². The van der Waals surface area contributed by atoms with Gasteiger partial charge in [0.15, 0.2) is 0 Å². The molecule has 0 saturated carbocycles. The Hall–Kier alpha value is -0.940. The molecule has 1 aromatic heterocycles. The van der Waals surface area contributed by atoms with Gasteiger partial charge in [0.25, 0.3) is 0 Å². The van der Waals surface area contributed by atoms with Gasteiger partial charge in [-0.05, 0) is 26.2 Å². The second-order valence-electron chi connectivity index (χ2n) is 3.43. The molecule has 0 bridgehead atoms. The molecule has 0 atom stereocenters. The highest BCUT2D eigenvalue weighted by Gasteiger charge is 2.08. The minimum absolute atomic E-state index is 0.0122. The van der Waals surface area contributed by atoms with Crippen molar-refractivity contribution >= 4 is 17.7 Å². The van der Waals surface area contributed by atoms with E-state index >= 15 is 0 Å². The van der Waals surface area contributed by atoms with Crippen molar-refractivity contribution in [3.05, 3.63) is 23.7 Å². The summed E-state index contributed by atoms with van der Waals surface area (Å²) >= 11 is 1.73. The van der Waals surface area contributed by atoms with Crippen LogP contribution in [0.25, 0.3) is 0 Å². The number of carboxylic acid groups (broad SMARTS) is 1. The number of rotatable bonds is 6. The molecule has 0 spiro atoms. The summed E-state index contributed by atoms with van der Waals surface area (Å²) in [5.74, 6) is 1.45. The summed E-state index contributed by atoms with van der Waals surface area (Å²) < 4.78 is 5.12. The number of carboxylic acids is 1. The van der Waals surface area contributed by atoms with Crippen molar-refractivity contribution in [1.29, 1.82) is 0 Å². The van der Waals surface area contributed by atoms with Crippen LogP contribution in [0.1, 0.15) is 16.3 Å². The molecule has 0 aliphatic heterocycles. The Bertz CT molecular complexity index is 322. The van der Waals surface area contributed by atoms with Crippen LogP contribution in [0.5, 0.6) is 0 Å². The van der Waals surface area contributed by atoms with Gasteiger partial charge in [-0.15, -0.1) is 0 Å². The number of hydrogen-bond acceptors (Lipinski definition) is 4. The number of carbonyl (C=O) groups is 1. The highest BCUT2D eigenvalue weighted by molar-refractivity contribution is 7.98. The van der Waals surface area contributed by atoms with Crippen molar-refractivity contribution in [2.75, 3.05) is 26.4 Å². The van der Waals surface area contributed by atoms with E-state index in [4.69, 9.17) is 9.52 Å². The molecular weight excluding hydrogens is 214 g/mol. The predicted octanol–water partition coefficient (Wildman–Crippen LogP) is 1.77. The molecule has 0 fully saturated rings. The number of furan rings is 1. The molecule has 1 N–H and O–H groups in total. The van der Waals surface area contributed by atoms with E-state index in [0.717, 1.165) is 23.8 Å². The van der Waals surface area contributed by atoms with Crippen molar-refractivity contribution < 1.29 is 14.3 Å². The summed E-state index contributed by atoms with van der Waals surface area (Å²) in [6, 6.07) is 3.20. The molecule has 0 saturated heterocycles. The summed E-state index contributed by atoms with van der Waals surface area (Å²) in [5.41, 5.74) is 0. The van der Waals surface area contributed by atoms with Crippen LogP contribution in [0.3, 0.4) is 0 Å². The first-order chi connectivity index (χ1) is 7.09. The van der Waals surface area contributed by atoms with Gasteiger partial charge in [-0.1, -0.05) is 0 Å². The molecule has 1 rings (SSSR count). The molecule has 0 radical (unpaired) electrons. The van der Waals surface area contributed by atoms with Gasteiger partial charge >= 0.3 is 5.97 Å². The number of hydrogen-bond donors (Lipinski definition) is 1. The maximum absolute atomic E-state index is 10.5. The van der Waals surface area contributed by atoms with E-state index < -0.39 is 5.97 Å². The summed E-state index contributed by atoms with van der Waals surface area (Å²) in [6.07, 6.45) is 0. The van der Waals surface area contributed by atoms with E-state index in [1.165, 1.54) is 6.07 Å². The molecular formula is C10H15NO3S. The molecule has 1 heterocycles. The largest absolute Gasteiger partial charge is 0.475 e. The predicted molar refractivity (Wildman–Crippen MR) is 60.4 cm³/mol. The lowest BCUT2D eigenvalue weighted by Gasteiger charge is -2.07. The molecule has 0 amide bonds. The van der Waals surface area contributed by atoms with E-state index in [-0.39, 0.29) is 5.76 Å². The fourth-order valence-corrected chi connectivity index (χ4v) is 1.99. The van der Waals surface area contributed by atoms with E-state index in [9.17, 15) is 4.79 Å². The molecule has 15 heavy (non-hydrogen) atoms. The topological polar surface area (TPSA) is 53.7 Å². The third-order valence-corrected chi connectivity index (χ3v) is 2.76. The Morgan fingerprint density at radius 1 is 1.53 bits per heavy atom.